The maximum Gasteiger partial charge on any atom is 0.244 e. The number of fused-ring (bicyclic) bond motifs is 1. The van der Waals surface area contributed by atoms with Gasteiger partial charge in [-0.1, -0.05) is 12.1 Å². The molecule has 102 valence electrons. The summed E-state index contributed by atoms with van der Waals surface area (Å²) in [5, 5.41) is 6.68. The third-order valence-electron chi connectivity index (χ3n) is 2.82. The van der Waals surface area contributed by atoms with E-state index in [-0.39, 0.29) is 12.5 Å². The summed E-state index contributed by atoms with van der Waals surface area (Å²) in [7, 11) is 0. The molecule has 1 aromatic carbocycles. The van der Waals surface area contributed by atoms with Crippen molar-refractivity contribution >= 4 is 46.4 Å². The van der Waals surface area contributed by atoms with Crippen LogP contribution in [0.4, 0.5) is 11.4 Å². The van der Waals surface area contributed by atoms with Gasteiger partial charge in [-0.25, -0.2) is 0 Å². The fourth-order valence-corrected chi connectivity index (χ4v) is 2.62. The number of thiocarbonyl (C=S) groups is 1. The lowest BCUT2D eigenvalue weighted by atomic mass is 10.2. The van der Waals surface area contributed by atoms with Gasteiger partial charge in [0.25, 0.3) is 0 Å². The number of benzene rings is 1. The number of hydrogen-bond donors (Lipinski definition) is 2. The lowest BCUT2D eigenvalue weighted by Gasteiger charge is -2.31. The normalized spacial score (nSPS) is 13.7. The third kappa shape index (κ3) is 3.61. The quantitative estimate of drug-likeness (QED) is 0.658. The number of carbonyl (C=O) groups excluding carboxylic acids is 1. The summed E-state index contributed by atoms with van der Waals surface area (Å²) in [6.45, 7) is 1.10. The van der Waals surface area contributed by atoms with Gasteiger partial charge in [0.15, 0.2) is 5.11 Å². The topological polar surface area (TPSA) is 44.4 Å². The molecule has 1 heterocycles. The van der Waals surface area contributed by atoms with Crippen molar-refractivity contribution < 1.29 is 4.79 Å². The highest BCUT2D eigenvalue weighted by molar-refractivity contribution is 7.98. The Morgan fingerprint density at radius 1 is 1.53 bits per heavy atom. The Labute approximate surface area is 122 Å². The number of thioether (sulfide) groups is 1. The molecule has 6 heteroatoms. The minimum Gasteiger partial charge on any atom is -0.362 e. The van der Waals surface area contributed by atoms with Crippen LogP contribution in [0.1, 0.15) is 6.42 Å². The number of rotatable bonds is 4. The summed E-state index contributed by atoms with van der Waals surface area (Å²) in [5.74, 6) is 1.07. The van der Waals surface area contributed by atoms with Gasteiger partial charge in [-0.3, -0.25) is 4.79 Å². The van der Waals surface area contributed by atoms with Crippen molar-refractivity contribution in [1.29, 1.82) is 0 Å². The van der Waals surface area contributed by atoms with Gasteiger partial charge in [-0.2, -0.15) is 11.8 Å². The summed E-state index contributed by atoms with van der Waals surface area (Å²) >= 11 is 7.20. The maximum absolute atomic E-state index is 11.7. The van der Waals surface area contributed by atoms with E-state index in [1.807, 2.05) is 40.9 Å². The number of nitrogens with one attached hydrogen (secondary N) is 2. The van der Waals surface area contributed by atoms with Crippen LogP contribution in [0, 0.1) is 0 Å². The van der Waals surface area contributed by atoms with Gasteiger partial charge in [-0.05, 0) is 42.8 Å². The first-order chi connectivity index (χ1) is 9.22. The van der Waals surface area contributed by atoms with Gasteiger partial charge in [0.2, 0.25) is 5.91 Å². The van der Waals surface area contributed by atoms with Gasteiger partial charge < -0.3 is 15.5 Å². The fraction of sp³-hybridized carbons (Fsp3) is 0.385. The van der Waals surface area contributed by atoms with E-state index >= 15 is 0 Å². The van der Waals surface area contributed by atoms with Crippen molar-refractivity contribution in [3.05, 3.63) is 24.3 Å². The van der Waals surface area contributed by atoms with Crippen LogP contribution in [-0.2, 0) is 4.79 Å². The van der Waals surface area contributed by atoms with E-state index < -0.39 is 0 Å². The van der Waals surface area contributed by atoms with Crippen molar-refractivity contribution in [3.8, 4) is 0 Å². The predicted octanol–water partition coefficient (Wildman–Crippen LogP) is 2.07. The molecule has 0 fully saturated rings. The summed E-state index contributed by atoms with van der Waals surface area (Å²) < 4.78 is 0. The molecule has 1 aliphatic heterocycles. The molecule has 0 spiro atoms. The predicted molar refractivity (Wildman–Crippen MR) is 86.0 cm³/mol. The first-order valence-electron chi connectivity index (χ1n) is 6.15. The van der Waals surface area contributed by atoms with E-state index in [2.05, 4.69) is 16.9 Å². The summed E-state index contributed by atoms with van der Waals surface area (Å²) in [6, 6.07) is 7.69. The Hall–Kier alpha value is -1.27. The minimum atomic E-state index is -0.0352. The van der Waals surface area contributed by atoms with Crippen molar-refractivity contribution in [1.82, 2.24) is 5.32 Å². The molecule has 0 aromatic heterocycles. The Kier molecular flexibility index (Phi) is 5.04. The fourth-order valence-electron chi connectivity index (χ4n) is 1.92. The van der Waals surface area contributed by atoms with Crippen LogP contribution in [0.3, 0.4) is 0 Å². The van der Waals surface area contributed by atoms with Crippen LogP contribution in [0.5, 0.6) is 0 Å². The number of carbonyl (C=O) groups is 1. The van der Waals surface area contributed by atoms with Crippen molar-refractivity contribution in [3.63, 3.8) is 0 Å². The summed E-state index contributed by atoms with van der Waals surface area (Å²) in [5.41, 5.74) is 1.76. The zero-order valence-corrected chi connectivity index (χ0v) is 12.4. The van der Waals surface area contributed by atoms with Crippen molar-refractivity contribution in [2.24, 2.45) is 0 Å². The highest BCUT2D eigenvalue weighted by Crippen LogP contribution is 2.28. The summed E-state index contributed by atoms with van der Waals surface area (Å²) in [6.07, 6.45) is 3.15. The first-order valence-corrected chi connectivity index (χ1v) is 7.96. The second-order valence-corrected chi connectivity index (χ2v) is 5.60. The number of hydrogen-bond acceptors (Lipinski definition) is 3. The van der Waals surface area contributed by atoms with Crippen molar-refractivity contribution in [2.45, 2.75) is 6.42 Å². The van der Waals surface area contributed by atoms with Crippen molar-refractivity contribution in [2.75, 3.05) is 35.3 Å². The van der Waals surface area contributed by atoms with E-state index in [9.17, 15) is 4.79 Å². The van der Waals surface area contributed by atoms with E-state index in [0.29, 0.717) is 5.11 Å². The molecule has 19 heavy (non-hydrogen) atoms. The molecule has 1 amide bonds. The number of para-hydroxylation sites is 2. The molecular weight excluding hydrogens is 278 g/mol. The first kappa shape index (κ1) is 14.1. The monoisotopic (exact) mass is 295 g/mol. The van der Waals surface area contributed by atoms with Gasteiger partial charge >= 0.3 is 0 Å². The van der Waals surface area contributed by atoms with Crippen LogP contribution in [-0.4, -0.2) is 36.1 Å². The molecule has 4 nitrogen and oxygen atoms in total. The standard InChI is InChI=1S/C13H17N3OS2/c1-19-8-4-7-14-13(18)16-9-12(17)15-10-5-2-3-6-11(10)16/h2-3,5-6H,4,7-9H2,1H3,(H,14,18)(H,15,17). The largest absolute Gasteiger partial charge is 0.362 e. The second-order valence-electron chi connectivity index (χ2n) is 4.23. The molecular formula is C13H17N3OS2. The maximum atomic E-state index is 11.7. The van der Waals surface area contributed by atoms with Gasteiger partial charge in [0, 0.05) is 6.54 Å². The number of anilines is 2. The van der Waals surface area contributed by atoms with E-state index in [0.717, 1.165) is 30.1 Å². The highest BCUT2D eigenvalue weighted by Gasteiger charge is 2.23. The Balaban J connectivity index is 2.03. The second kappa shape index (κ2) is 6.77. The number of nitrogens with zero attached hydrogens (tertiary/aromatic N) is 1. The molecule has 1 aliphatic rings. The lowest BCUT2D eigenvalue weighted by molar-refractivity contribution is -0.115. The molecule has 2 rings (SSSR count). The zero-order valence-electron chi connectivity index (χ0n) is 10.8. The zero-order chi connectivity index (χ0) is 13.7. The Morgan fingerprint density at radius 3 is 3.11 bits per heavy atom. The number of amides is 1. The molecule has 0 atom stereocenters. The molecule has 0 aliphatic carbocycles. The van der Waals surface area contributed by atoms with Crippen LogP contribution in [0.25, 0.3) is 0 Å². The summed E-state index contributed by atoms with van der Waals surface area (Å²) in [4.78, 5) is 13.5. The van der Waals surface area contributed by atoms with Crippen LogP contribution in [0.2, 0.25) is 0 Å². The average molecular weight is 295 g/mol. The van der Waals surface area contributed by atoms with Crippen LogP contribution < -0.4 is 15.5 Å². The van der Waals surface area contributed by atoms with Gasteiger partial charge in [-0.15, -0.1) is 0 Å². The minimum absolute atomic E-state index is 0.0352. The molecule has 0 bridgehead atoms. The molecule has 1 aromatic rings. The highest BCUT2D eigenvalue weighted by atomic mass is 32.2. The molecule has 0 radical (unpaired) electrons. The van der Waals surface area contributed by atoms with E-state index in [1.165, 1.54) is 0 Å². The molecule has 0 unspecified atom stereocenters. The van der Waals surface area contributed by atoms with E-state index in [4.69, 9.17) is 12.2 Å². The molecule has 0 saturated heterocycles. The Morgan fingerprint density at radius 2 is 2.32 bits per heavy atom. The van der Waals surface area contributed by atoms with Gasteiger partial charge in [0.1, 0.15) is 6.54 Å². The SMILES string of the molecule is CSCCCNC(=S)N1CC(=O)Nc2ccccc21. The lowest BCUT2D eigenvalue weighted by Crippen LogP contribution is -2.47. The molecule has 0 saturated carbocycles. The van der Waals surface area contributed by atoms with Crippen LogP contribution in [0.15, 0.2) is 24.3 Å². The molecule has 2 N–H and O–H groups in total. The van der Waals surface area contributed by atoms with Gasteiger partial charge in [0.05, 0.1) is 11.4 Å². The Bertz CT molecular complexity index is 479. The van der Waals surface area contributed by atoms with E-state index in [1.54, 1.807) is 0 Å². The average Bonchev–Trinajstić information content (AvgIpc) is 2.42. The smallest absolute Gasteiger partial charge is 0.244 e. The third-order valence-corrected chi connectivity index (χ3v) is 3.88. The van der Waals surface area contributed by atoms with Crippen LogP contribution >= 0.6 is 24.0 Å².